The molecule has 6 atom stereocenters. The average Bonchev–Trinajstić information content (AvgIpc) is 2.95. The molecule has 5 rings (SSSR count). The van der Waals surface area contributed by atoms with E-state index in [1.165, 1.54) is 25.3 Å². The van der Waals surface area contributed by atoms with Crippen LogP contribution in [0.2, 0.25) is 0 Å². The first kappa shape index (κ1) is 28.5. The van der Waals surface area contributed by atoms with Crippen molar-refractivity contribution < 1.29 is 49.4 Å². The maximum Gasteiger partial charge on any atom is 0.202 e. The van der Waals surface area contributed by atoms with Gasteiger partial charge in [-0.3, -0.25) is 14.4 Å². The third-order valence-electron chi connectivity index (χ3n) is 8.42. The van der Waals surface area contributed by atoms with Gasteiger partial charge in [0, 0.05) is 28.0 Å². The molecule has 3 aliphatic rings. The number of azide groups is 1. The number of benzene rings is 2. The molecule has 0 bridgehead atoms. The maximum atomic E-state index is 13.7. The van der Waals surface area contributed by atoms with Gasteiger partial charge in [0.2, 0.25) is 5.78 Å². The molecule has 0 spiro atoms. The maximum absolute atomic E-state index is 13.7. The zero-order valence-corrected chi connectivity index (χ0v) is 22.3. The summed E-state index contributed by atoms with van der Waals surface area (Å²) < 4.78 is 11.2. The molecular weight excluding hydrogens is 538 g/mol. The van der Waals surface area contributed by atoms with Gasteiger partial charge in [-0.05, 0) is 43.7 Å². The third kappa shape index (κ3) is 4.42. The Balaban J connectivity index is 1.67. The van der Waals surface area contributed by atoms with Crippen molar-refractivity contribution in [2.24, 2.45) is 5.11 Å². The first-order valence-electron chi connectivity index (χ1n) is 13.1. The molecule has 2 aliphatic carbocycles. The van der Waals surface area contributed by atoms with E-state index in [4.69, 9.17) is 15.0 Å². The first-order valence-corrected chi connectivity index (χ1v) is 13.1. The summed E-state index contributed by atoms with van der Waals surface area (Å²) in [5.74, 6) is -4.48. The molecule has 0 amide bonds. The Kier molecular flexibility index (Phi) is 7.26. The van der Waals surface area contributed by atoms with Gasteiger partial charge in [0.1, 0.15) is 29.5 Å². The molecule has 0 aromatic heterocycles. The summed E-state index contributed by atoms with van der Waals surface area (Å²) >= 11 is 0. The predicted molar refractivity (Wildman–Crippen MR) is 140 cm³/mol. The Bertz CT molecular complexity index is 1520. The molecular formula is C28H29N3O10. The van der Waals surface area contributed by atoms with Gasteiger partial charge in [0.15, 0.2) is 11.6 Å². The molecule has 216 valence electrons. The van der Waals surface area contributed by atoms with Crippen LogP contribution in [-0.2, 0) is 16.0 Å². The number of aliphatic hydroxyl groups is 3. The fraction of sp³-hybridized carbons (Fsp3) is 0.464. The molecule has 1 heterocycles. The quantitative estimate of drug-likeness (QED) is 0.126. The number of hydrogen-bond donors (Lipinski definition) is 5. The number of nitrogens with zero attached hydrogens (tertiary/aromatic N) is 3. The molecule has 0 radical (unpaired) electrons. The van der Waals surface area contributed by atoms with Gasteiger partial charge in [-0.25, -0.2) is 0 Å². The van der Waals surface area contributed by atoms with Crippen LogP contribution in [-0.4, -0.2) is 86.6 Å². The Morgan fingerprint density at radius 3 is 2.56 bits per heavy atom. The fourth-order valence-electron chi connectivity index (χ4n) is 6.49. The predicted octanol–water partition coefficient (Wildman–Crippen LogP) is 1.81. The number of carbonyl (C=O) groups is 3. The highest BCUT2D eigenvalue weighted by molar-refractivity contribution is 6.31. The highest BCUT2D eigenvalue weighted by Crippen LogP contribution is 2.53. The number of fused-ring (bicyclic) bond motifs is 3. The fourth-order valence-corrected chi connectivity index (χ4v) is 6.49. The molecule has 1 saturated heterocycles. The second-order valence-corrected chi connectivity index (χ2v) is 10.8. The normalized spacial score (nSPS) is 28.7. The van der Waals surface area contributed by atoms with Gasteiger partial charge < -0.3 is 35.0 Å². The lowest BCUT2D eigenvalue weighted by Crippen LogP contribution is -2.49. The van der Waals surface area contributed by atoms with Gasteiger partial charge in [0.25, 0.3) is 0 Å². The third-order valence-corrected chi connectivity index (χ3v) is 8.42. The molecule has 1 aliphatic heterocycles. The van der Waals surface area contributed by atoms with Crippen LogP contribution in [0.3, 0.4) is 0 Å². The summed E-state index contributed by atoms with van der Waals surface area (Å²) in [5, 5.41) is 58.0. The Hall–Kier alpha value is -4.00. The van der Waals surface area contributed by atoms with Gasteiger partial charge in [-0.15, -0.1) is 0 Å². The SMILES string of the molecule is COc1cccc2c1C(=O)c1c(O)c3c(c(O)c1C2=O)C[C@@](O)(C(=O)CO)CC3CC1C[C@H](N=[N+]=[N-])[C@H](O)[C@H](C)O1. The monoisotopic (exact) mass is 567 g/mol. The minimum Gasteiger partial charge on any atom is -0.507 e. The van der Waals surface area contributed by atoms with Crippen molar-refractivity contribution >= 4 is 17.3 Å². The zero-order chi connectivity index (χ0) is 29.8. The van der Waals surface area contributed by atoms with Gasteiger partial charge in [0.05, 0.1) is 48.2 Å². The lowest BCUT2D eigenvalue weighted by atomic mass is 9.67. The summed E-state index contributed by atoms with van der Waals surface area (Å²) in [6, 6.07) is 3.55. The number of phenolic OH excluding ortho intramolecular Hbond substituents is 2. The lowest BCUT2D eigenvalue weighted by molar-refractivity contribution is -0.144. The molecule has 2 aromatic carbocycles. The number of hydrogen-bond acceptors (Lipinski definition) is 11. The number of aromatic hydroxyl groups is 2. The molecule has 5 N–H and O–H groups in total. The number of carbonyl (C=O) groups excluding carboxylic acids is 3. The summed E-state index contributed by atoms with van der Waals surface area (Å²) in [4.78, 5) is 42.8. The number of phenols is 2. The van der Waals surface area contributed by atoms with E-state index in [0.29, 0.717) is 0 Å². The molecule has 1 fully saturated rings. The van der Waals surface area contributed by atoms with Crippen LogP contribution in [0, 0.1) is 0 Å². The zero-order valence-electron chi connectivity index (χ0n) is 22.3. The standard InChI is InChI=1S/C28H29N3O10/c1-11-23(34)16(30-31-29)7-13(41-11)6-12-8-28(39,18(33)10-32)9-15-19(12)26(37)22-21(25(15)36)24(35)14-4-3-5-17(40-2)20(14)27(22)38/h3-5,11-13,16,23,32,34,36-37,39H,6-10H2,1-2H3/t11-,12?,13?,16-,23+,28+/m0/s1. The number of ether oxygens (including phenoxy) is 2. The van der Waals surface area contributed by atoms with Crippen LogP contribution in [0.25, 0.3) is 10.4 Å². The second-order valence-electron chi connectivity index (χ2n) is 10.8. The van der Waals surface area contributed by atoms with Crippen LogP contribution in [0.4, 0.5) is 0 Å². The number of aliphatic hydroxyl groups excluding tert-OH is 2. The Labute approximate surface area is 233 Å². The van der Waals surface area contributed by atoms with Crippen molar-refractivity contribution in [1.29, 1.82) is 0 Å². The topological polar surface area (TPSA) is 220 Å². The Morgan fingerprint density at radius 2 is 1.90 bits per heavy atom. The van der Waals surface area contributed by atoms with Crippen molar-refractivity contribution in [3.05, 3.63) is 62.0 Å². The molecule has 0 saturated carbocycles. The van der Waals surface area contributed by atoms with Gasteiger partial charge >= 0.3 is 0 Å². The van der Waals surface area contributed by atoms with Gasteiger partial charge in [-0.2, -0.15) is 0 Å². The van der Waals surface area contributed by atoms with Crippen LogP contribution < -0.4 is 4.74 Å². The number of rotatable bonds is 6. The van der Waals surface area contributed by atoms with E-state index in [1.54, 1.807) is 6.92 Å². The molecule has 13 nitrogen and oxygen atoms in total. The van der Waals surface area contributed by atoms with Gasteiger partial charge in [-0.1, -0.05) is 17.2 Å². The summed E-state index contributed by atoms with van der Waals surface area (Å²) in [6.07, 6.45) is -3.25. The highest BCUT2D eigenvalue weighted by atomic mass is 16.5. The summed E-state index contributed by atoms with van der Waals surface area (Å²) in [6.45, 7) is 0.592. The van der Waals surface area contributed by atoms with Crippen LogP contribution in [0.15, 0.2) is 23.3 Å². The summed E-state index contributed by atoms with van der Waals surface area (Å²) in [7, 11) is 1.33. The number of ketones is 3. The second kappa shape index (κ2) is 10.4. The average molecular weight is 568 g/mol. The number of methoxy groups -OCH3 is 1. The molecule has 13 heteroatoms. The molecule has 2 unspecified atom stereocenters. The van der Waals surface area contributed by atoms with E-state index in [2.05, 4.69) is 10.0 Å². The van der Waals surface area contributed by atoms with Crippen molar-refractivity contribution in [3.63, 3.8) is 0 Å². The van der Waals surface area contributed by atoms with E-state index in [0.717, 1.165) is 0 Å². The first-order chi connectivity index (χ1) is 19.5. The van der Waals surface area contributed by atoms with Crippen molar-refractivity contribution in [1.82, 2.24) is 0 Å². The lowest BCUT2D eigenvalue weighted by Gasteiger charge is -2.42. The van der Waals surface area contributed by atoms with Crippen LogP contribution in [0.5, 0.6) is 17.2 Å². The Morgan fingerprint density at radius 1 is 1.20 bits per heavy atom. The van der Waals surface area contributed by atoms with Crippen molar-refractivity contribution in [2.75, 3.05) is 13.7 Å². The van der Waals surface area contributed by atoms with E-state index in [9.17, 15) is 39.9 Å². The molecule has 2 aromatic rings. The molecule has 41 heavy (non-hydrogen) atoms. The largest absolute Gasteiger partial charge is 0.507 e. The van der Waals surface area contributed by atoms with Crippen molar-refractivity contribution in [2.45, 2.75) is 68.5 Å². The smallest absolute Gasteiger partial charge is 0.202 e. The number of Topliss-reactive ketones (excluding diaryl/α,β-unsaturated/α-hetero) is 1. The van der Waals surface area contributed by atoms with E-state index < -0.39 is 88.9 Å². The summed E-state index contributed by atoms with van der Waals surface area (Å²) in [5.41, 5.74) is 5.71. The van der Waals surface area contributed by atoms with Crippen LogP contribution in [0.1, 0.15) is 75.1 Å². The van der Waals surface area contributed by atoms with Crippen molar-refractivity contribution in [3.8, 4) is 17.2 Å². The van der Waals surface area contributed by atoms with E-state index >= 15 is 0 Å². The van der Waals surface area contributed by atoms with E-state index in [-0.39, 0.29) is 47.3 Å². The minimum atomic E-state index is -2.17. The minimum absolute atomic E-state index is 0.0103. The highest BCUT2D eigenvalue weighted by Gasteiger charge is 2.49. The van der Waals surface area contributed by atoms with Crippen LogP contribution >= 0.6 is 0 Å². The van der Waals surface area contributed by atoms with E-state index in [1.807, 2.05) is 0 Å².